The van der Waals surface area contributed by atoms with Gasteiger partial charge < -0.3 is 10.1 Å². The number of hydrogen-bond acceptors (Lipinski definition) is 5. The number of piperidine rings is 1. The lowest BCUT2D eigenvalue weighted by atomic mass is 9.98. The average molecular weight is 485 g/mol. The van der Waals surface area contributed by atoms with Gasteiger partial charge in [0.05, 0.1) is 21.4 Å². The van der Waals surface area contributed by atoms with E-state index in [1.54, 1.807) is 0 Å². The smallest absolute Gasteiger partial charge is 0.417 e. The summed E-state index contributed by atoms with van der Waals surface area (Å²) in [5, 5.41) is 2.02. The molecule has 1 amide bonds. The van der Waals surface area contributed by atoms with Crippen molar-refractivity contribution >= 4 is 33.5 Å². The number of esters is 1. The first-order valence-corrected chi connectivity index (χ1v) is 11.6. The second-order valence-corrected chi connectivity index (χ2v) is 9.47. The number of alkyl halides is 3. The second-order valence-electron chi connectivity index (χ2n) is 7.13. The molecule has 174 valence electrons. The minimum atomic E-state index is -4.79. The van der Waals surface area contributed by atoms with E-state index in [4.69, 9.17) is 16.3 Å². The first-order valence-electron chi connectivity index (χ1n) is 9.77. The summed E-state index contributed by atoms with van der Waals surface area (Å²) in [5.74, 6) is -1.61. The molecule has 0 atom stereocenters. The topological polar surface area (TPSA) is 92.8 Å². The van der Waals surface area contributed by atoms with Crippen LogP contribution in [-0.2, 0) is 30.5 Å². The van der Waals surface area contributed by atoms with Gasteiger partial charge in [-0.15, -0.1) is 0 Å². The zero-order chi connectivity index (χ0) is 23.2. The maximum atomic E-state index is 13.0. The number of carbonyl (C=O) groups excluding carboxylic acids is 2. The highest BCUT2D eigenvalue weighted by molar-refractivity contribution is 7.89. The van der Waals surface area contributed by atoms with Gasteiger partial charge in [-0.1, -0.05) is 24.9 Å². The van der Waals surface area contributed by atoms with E-state index in [0.29, 0.717) is 12.6 Å². The van der Waals surface area contributed by atoms with Crippen LogP contribution in [0.2, 0.25) is 5.02 Å². The zero-order valence-corrected chi connectivity index (χ0v) is 18.4. The quantitative estimate of drug-likeness (QED) is 0.452. The number of benzene rings is 1. The van der Waals surface area contributed by atoms with E-state index in [1.165, 1.54) is 0 Å². The van der Waals surface area contributed by atoms with Crippen molar-refractivity contribution in [3.63, 3.8) is 0 Å². The molecule has 0 radical (unpaired) electrons. The van der Waals surface area contributed by atoms with Gasteiger partial charge in [0, 0.05) is 19.6 Å². The van der Waals surface area contributed by atoms with Crippen molar-refractivity contribution in [2.24, 2.45) is 5.92 Å². The Morgan fingerprint density at radius 2 is 1.90 bits per heavy atom. The molecule has 0 aliphatic carbocycles. The van der Waals surface area contributed by atoms with Gasteiger partial charge in [-0.3, -0.25) is 9.59 Å². The van der Waals surface area contributed by atoms with E-state index in [0.717, 1.165) is 29.3 Å². The van der Waals surface area contributed by atoms with Gasteiger partial charge in [0.2, 0.25) is 10.0 Å². The van der Waals surface area contributed by atoms with Crippen molar-refractivity contribution in [3.05, 3.63) is 28.8 Å². The van der Waals surface area contributed by atoms with Crippen LogP contribution in [-0.4, -0.2) is 50.8 Å². The maximum absolute atomic E-state index is 13.0. The molecule has 1 aromatic rings. The molecule has 1 aromatic carbocycles. The first kappa shape index (κ1) is 25.4. The summed E-state index contributed by atoms with van der Waals surface area (Å²) in [6.45, 7) is 1.93. The number of amides is 1. The molecule has 12 heteroatoms. The van der Waals surface area contributed by atoms with E-state index >= 15 is 0 Å². The molecule has 1 N–H and O–H groups in total. The SMILES string of the molecule is CCCCNC(=O)COC(=O)C1CCN(S(=O)(=O)c2ccc(Cl)c(C(F)(F)F)c2)CC1. The molecule has 31 heavy (non-hydrogen) atoms. The van der Waals surface area contributed by atoms with Gasteiger partial charge in [0.15, 0.2) is 6.61 Å². The van der Waals surface area contributed by atoms with Crippen molar-refractivity contribution < 1.29 is 35.9 Å². The van der Waals surface area contributed by atoms with Crippen LogP contribution in [0, 0.1) is 5.92 Å². The number of hydrogen-bond donors (Lipinski definition) is 1. The maximum Gasteiger partial charge on any atom is 0.417 e. The van der Waals surface area contributed by atoms with Crippen LogP contribution in [0.3, 0.4) is 0 Å². The molecule has 1 saturated heterocycles. The third-order valence-electron chi connectivity index (χ3n) is 4.87. The van der Waals surface area contributed by atoms with Crippen molar-refractivity contribution in [3.8, 4) is 0 Å². The summed E-state index contributed by atoms with van der Waals surface area (Å²) < 4.78 is 70.6. The number of nitrogens with one attached hydrogen (secondary N) is 1. The molecular formula is C19H24ClF3N2O5S. The van der Waals surface area contributed by atoms with Gasteiger partial charge >= 0.3 is 12.1 Å². The summed E-state index contributed by atoms with van der Waals surface area (Å²) in [5.41, 5.74) is -1.23. The summed E-state index contributed by atoms with van der Waals surface area (Å²) >= 11 is 5.55. The summed E-state index contributed by atoms with van der Waals surface area (Å²) in [6, 6.07) is 2.42. The Labute approximate surface area is 183 Å². The predicted octanol–water partition coefficient (Wildman–Crippen LogP) is 3.22. The molecule has 1 fully saturated rings. The Kier molecular flexibility index (Phi) is 8.73. The van der Waals surface area contributed by atoms with E-state index < -0.39 is 56.1 Å². The fourth-order valence-corrected chi connectivity index (χ4v) is 4.79. The molecule has 1 aliphatic heterocycles. The number of halogens is 4. The van der Waals surface area contributed by atoms with Crippen LogP contribution in [0.5, 0.6) is 0 Å². The van der Waals surface area contributed by atoms with Crippen molar-refractivity contribution in [2.45, 2.75) is 43.7 Å². The van der Waals surface area contributed by atoms with Gasteiger partial charge in [-0.05, 0) is 37.5 Å². The lowest BCUT2D eigenvalue weighted by Gasteiger charge is -2.30. The van der Waals surface area contributed by atoms with Gasteiger partial charge in [0.1, 0.15) is 0 Å². The highest BCUT2D eigenvalue weighted by Crippen LogP contribution is 2.36. The molecule has 2 rings (SSSR count). The summed E-state index contributed by atoms with van der Waals surface area (Å²) in [7, 11) is -4.19. The van der Waals surface area contributed by atoms with Crippen molar-refractivity contribution in [1.29, 1.82) is 0 Å². The van der Waals surface area contributed by atoms with Crippen LogP contribution in [0.4, 0.5) is 13.2 Å². The van der Waals surface area contributed by atoms with E-state index in [2.05, 4.69) is 5.32 Å². The molecule has 1 heterocycles. The summed E-state index contributed by atoms with van der Waals surface area (Å²) in [4.78, 5) is 23.2. The highest BCUT2D eigenvalue weighted by Gasteiger charge is 2.37. The van der Waals surface area contributed by atoms with Crippen LogP contribution >= 0.6 is 11.6 Å². The van der Waals surface area contributed by atoms with Crippen LogP contribution in [0.25, 0.3) is 0 Å². The number of carbonyl (C=O) groups is 2. The van der Waals surface area contributed by atoms with Gasteiger partial charge in [0.25, 0.3) is 5.91 Å². The predicted molar refractivity (Wildman–Crippen MR) is 107 cm³/mol. The molecule has 0 bridgehead atoms. The second kappa shape index (κ2) is 10.6. The van der Waals surface area contributed by atoms with Crippen molar-refractivity contribution in [2.75, 3.05) is 26.2 Å². The number of nitrogens with zero attached hydrogens (tertiary/aromatic N) is 1. The molecule has 1 aliphatic rings. The Balaban J connectivity index is 1.94. The Hall–Kier alpha value is -1.85. The molecule has 0 unspecified atom stereocenters. The van der Waals surface area contributed by atoms with Crippen molar-refractivity contribution in [1.82, 2.24) is 9.62 Å². The first-order chi connectivity index (χ1) is 14.5. The van der Waals surface area contributed by atoms with Crippen LogP contribution in [0.1, 0.15) is 38.2 Å². The van der Waals surface area contributed by atoms with E-state index in [1.807, 2.05) is 6.92 Å². The minimum absolute atomic E-state index is 0.0607. The minimum Gasteiger partial charge on any atom is -0.455 e. The monoisotopic (exact) mass is 484 g/mol. The molecular weight excluding hydrogens is 461 g/mol. The number of sulfonamides is 1. The number of ether oxygens (including phenoxy) is 1. The number of rotatable bonds is 8. The number of unbranched alkanes of at least 4 members (excludes halogenated alkanes) is 1. The largest absolute Gasteiger partial charge is 0.455 e. The Bertz CT molecular complexity index is 900. The van der Waals surface area contributed by atoms with Crippen LogP contribution < -0.4 is 5.32 Å². The standard InChI is InChI=1S/C19H24ClF3N2O5S/c1-2-3-8-24-17(26)12-30-18(27)13-6-9-25(10-7-13)31(28,29)14-4-5-16(20)15(11-14)19(21,22)23/h4-5,11,13H,2-3,6-10,12H2,1H3,(H,24,26). The van der Waals surface area contributed by atoms with Crippen LogP contribution in [0.15, 0.2) is 23.1 Å². The lowest BCUT2D eigenvalue weighted by molar-refractivity contribution is -0.153. The normalized spacial score (nSPS) is 16.2. The zero-order valence-electron chi connectivity index (χ0n) is 16.9. The summed E-state index contributed by atoms with van der Waals surface area (Å²) in [6.07, 6.45) is -2.80. The molecule has 7 nitrogen and oxygen atoms in total. The lowest BCUT2D eigenvalue weighted by Crippen LogP contribution is -2.41. The fourth-order valence-electron chi connectivity index (χ4n) is 3.07. The van der Waals surface area contributed by atoms with Gasteiger partial charge in [-0.25, -0.2) is 8.42 Å². The highest BCUT2D eigenvalue weighted by atomic mass is 35.5. The molecule has 0 spiro atoms. The fraction of sp³-hybridized carbons (Fsp3) is 0.579. The van der Waals surface area contributed by atoms with E-state index in [-0.39, 0.29) is 25.9 Å². The Morgan fingerprint density at radius 1 is 1.26 bits per heavy atom. The molecule has 0 aromatic heterocycles. The van der Waals surface area contributed by atoms with E-state index in [9.17, 15) is 31.2 Å². The third-order valence-corrected chi connectivity index (χ3v) is 7.09. The Morgan fingerprint density at radius 3 is 2.48 bits per heavy atom. The third kappa shape index (κ3) is 6.81. The van der Waals surface area contributed by atoms with Gasteiger partial charge in [-0.2, -0.15) is 17.5 Å². The average Bonchev–Trinajstić information content (AvgIpc) is 2.71. The molecule has 0 saturated carbocycles.